The highest BCUT2D eigenvalue weighted by Crippen LogP contribution is 2.31. The Labute approximate surface area is 147 Å². The summed E-state index contributed by atoms with van der Waals surface area (Å²) in [5.41, 5.74) is 8.54. The van der Waals surface area contributed by atoms with Gasteiger partial charge in [-0.05, 0) is 42.0 Å². The van der Waals surface area contributed by atoms with Gasteiger partial charge in [-0.2, -0.15) is 0 Å². The van der Waals surface area contributed by atoms with Crippen molar-refractivity contribution < 1.29 is 4.79 Å². The molecule has 0 saturated heterocycles. The van der Waals surface area contributed by atoms with E-state index in [1.165, 1.54) is 12.8 Å². The van der Waals surface area contributed by atoms with E-state index >= 15 is 0 Å². The first-order valence-corrected chi connectivity index (χ1v) is 7.91. The third-order valence-electron chi connectivity index (χ3n) is 4.04. The molecule has 1 amide bonds. The molecular weight excluding hydrogens is 331 g/mol. The number of carbonyl (C=O) groups is 1. The maximum absolute atomic E-state index is 12.3. The largest absolute Gasteiger partial charge is 0.350 e. The minimum Gasteiger partial charge on any atom is -0.350 e. The lowest BCUT2D eigenvalue weighted by Gasteiger charge is -2.13. The summed E-state index contributed by atoms with van der Waals surface area (Å²) in [6.45, 7) is 0.495. The minimum absolute atomic E-state index is 0. The number of halogens is 2. The third kappa shape index (κ3) is 4.47. The molecule has 2 aromatic carbocycles. The van der Waals surface area contributed by atoms with E-state index in [9.17, 15) is 4.79 Å². The molecule has 0 bridgehead atoms. The minimum atomic E-state index is -0.168. The number of nitrogens with one attached hydrogen (secondary N) is 1. The molecule has 1 aliphatic rings. The smallest absolute Gasteiger partial charge is 0.252 e. The Hall–Kier alpha value is -1.55. The van der Waals surface area contributed by atoms with Crippen LogP contribution in [0.2, 0.25) is 5.02 Å². The summed E-state index contributed by atoms with van der Waals surface area (Å²) in [7, 11) is 0. The predicted molar refractivity (Wildman–Crippen MR) is 97.2 cm³/mol. The van der Waals surface area contributed by atoms with E-state index in [2.05, 4.69) is 5.32 Å². The van der Waals surface area contributed by atoms with Gasteiger partial charge in [-0.3, -0.25) is 4.79 Å². The number of carbonyl (C=O) groups excluding carboxylic acids is 1. The lowest BCUT2D eigenvalue weighted by Crippen LogP contribution is -2.38. The van der Waals surface area contributed by atoms with E-state index in [1.807, 2.05) is 42.5 Å². The molecule has 1 atom stereocenters. The molecule has 0 spiro atoms. The first kappa shape index (κ1) is 17.8. The second-order valence-corrected chi connectivity index (χ2v) is 6.18. The average Bonchev–Trinajstić information content (AvgIpc) is 3.38. The SMILES string of the molecule is Cl.NC(CNC(=O)c1cc(-c2ccccc2)ccc1Cl)C1CC1. The Morgan fingerprint density at radius 3 is 2.52 bits per heavy atom. The van der Waals surface area contributed by atoms with Gasteiger partial charge < -0.3 is 11.1 Å². The van der Waals surface area contributed by atoms with Gasteiger partial charge in [-0.15, -0.1) is 12.4 Å². The Morgan fingerprint density at radius 1 is 1.17 bits per heavy atom. The fourth-order valence-corrected chi connectivity index (χ4v) is 2.71. The van der Waals surface area contributed by atoms with E-state index < -0.39 is 0 Å². The summed E-state index contributed by atoms with van der Waals surface area (Å²) >= 11 is 6.18. The summed E-state index contributed by atoms with van der Waals surface area (Å²) in [4.78, 5) is 12.3. The van der Waals surface area contributed by atoms with Gasteiger partial charge in [0.05, 0.1) is 10.6 Å². The summed E-state index contributed by atoms with van der Waals surface area (Å²) in [6.07, 6.45) is 2.34. The Kier molecular flexibility index (Phi) is 6.05. The number of benzene rings is 2. The number of hydrogen-bond acceptors (Lipinski definition) is 2. The number of nitrogens with two attached hydrogens (primary N) is 1. The van der Waals surface area contributed by atoms with E-state index in [0.717, 1.165) is 11.1 Å². The molecule has 1 fully saturated rings. The maximum Gasteiger partial charge on any atom is 0.252 e. The van der Waals surface area contributed by atoms with Crippen molar-refractivity contribution in [2.75, 3.05) is 6.54 Å². The van der Waals surface area contributed by atoms with Crippen LogP contribution in [0.3, 0.4) is 0 Å². The van der Waals surface area contributed by atoms with E-state index in [-0.39, 0.29) is 24.4 Å². The molecule has 3 nitrogen and oxygen atoms in total. The van der Waals surface area contributed by atoms with Crippen LogP contribution in [0.25, 0.3) is 11.1 Å². The van der Waals surface area contributed by atoms with Crippen LogP contribution >= 0.6 is 24.0 Å². The quantitative estimate of drug-likeness (QED) is 0.859. The molecule has 122 valence electrons. The normalized spacial score (nSPS) is 14.7. The van der Waals surface area contributed by atoms with Crippen LogP contribution < -0.4 is 11.1 Å². The number of amides is 1. The zero-order chi connectivity index (χ0) is 15.5. The van der Waals surface area contributed by atoms with Gasteiger partial charge in [-0.25, -0.2) is 0 Å². The van der Waals surface area contributed by atoms with Crippen LogP contribution in [0.4, 0.5) is 0 Å². The first-order chi connectivity index (χ1) is 10.6. The fraction of sp³-hybridized carbons (Fsp3) is 0.278. The van der Waals surface area contributed by atoms with Gasteiger partial charge in [0, 0.05) is 12.6 Å². The van der Waals surface area contributed by atoms with Crippen molar-refractivity contribution in [3.05, 3.63) is 59.1 Å². The summed E-state index contributed by atoms with van der Waals surface area (Å²) in [5, 5.41) is 3.35. The summed E-state index contributed by atoms with van der Waals surface area (Å²) in [5.74, 6) is 0.394. The molecule has 23 heavy (non-hydrogen) atoms. The van der Waals surface area contributed by atoms with Gasteiger partial charge >= 0.3 is 0 Å². The molecule has 1 aliphatic carbocycles. The van der Waals surface area contributed by atoms with Crippen molar-refractivity contribution in [1.29, 1.82) is 0 Å². The molecule has 0 heterocycles. The zero-order valence-electron chi connectivity index (χ0n) is 12.7. The van der Waals surface area contributed by atoms with E-state index in [0.29, 0.717) is 23.0 Å². The van der Waals surface area contributed by atoms with Crippen LogP contribution in [-0.4, -0.2) is 18.5 Å². The highest BCUT2D eigenvalue weighted by Gasteiger charge is 2.28. The van der Waals surface area contributed by atoms with Crippen LogP contribution in [-0.2, 0) is 0 Å². The molecule has 0 aromatic heterocycles. The van der Waals surface area contributed by atoms with Crippen molar-refractivity contribution in [2.45, 2.75) is 18.9 Å². The second-order valence-electron chi connectivity index (χ2n) is 5.77. The maximum atomic E-state index is 12.3. The first-order valence-electron chi connectivity index (χ1n) is 7.54. The Bertz CT molecular complexity index is 672. The van der Waals surface area contributed by atoms with Crippen LogP contribution in [0.1, 0.15) is 23.2 Å². The zero-order valence-corrected chi connectivity index (χ0v) is 14.2. The lowest BCUT2D eigenvalue weighted by molar-refractivity contribution is 0.0950. The summed E-state index contributed by atoms with van der Waals surface area (Å²) < 4.78 is 0. The fourth-order valence-electron chi connectivity index (χ4n) is 2.51. The van der Waals surface area contributed by atoms with E-state index in [1.54, 1.807) is 6.07 Å². The highest BCUT2D eigenvalue weighted by molar-refractivity contribution is 6.34. The molecule has 1 unspecified atom stereocenters. The third-order valence-corrected chi connectivity index (χ3v) is 4.37. The predicted octanol–water partition coefficient (Wildman–Crippen LogP) is 3.90. The molecule has 5 heteroatoms. The number of hydrogen-bond donors (Lipinski definition) is 2. The number of rotatable bonds is 5. The Morgan fingerprint density at radius 2 is 1.87 bits per heavy atom. The molecular formula is C18H20Cl2N2O. The van der Waals surface area contributed by atoms with Gasteiger partial charge in [0.2, 0.25) is 0 Å². The molecule has 3 N–H and O–H groups in total. The van der Waals surface area contributed by atoms with Crippen LogP contribution in [0, 0.1) is 5.92 Å². The van der Waals surface area contributed by atoms with Crippen LogP contribution in [0.15, 0.2) is 48.5 Å². The molecule has 0 radical (unpaired) electrons. The summed E-state index contributed by atoms with van der Waals surface area (Å²) in [6, 6.07) is 15.5. The van der Waals surface area contributed by atoms with Gasteiger partial charge in [0.1, 0.15) is 0 Å². The van der Waals surface area contributed by atoms with Crippen molar-refractivity contribution in [3.63, 3.8) is 0 Å². The molecule has 2 aromatic rings. The second kappa shape index (κ2) is 7.82. The Balaban J connectivity index is 0.00000192. The van der Waals surface area contributed by atoms with Crippen LogP contribution in [0.5, 0.6) is 0 Å². The monoisotopic (exact) mass is 350 g/mol. The van der Waals surface area contributed by atoms with Crippen molar-refractivity contribution in [3.8, 4) is 11.1 Å². The molecule has 1 saturated carbocycles. The standard InChI is InChI=1S/C18H19ClN2O.ClH/c19-16-9-8-14(12-4-2-1-3-5-12)10-15(16)18(22)21-11-17(20)13-6-7-13;/h1-5,8-10,13,17H,6-7,11,20H2,(H,21,22);1H. The average molecular weight is 351 g/mol. The van der Waals surface area contributed by atoms with Gasteiger partial charge in [0.15, 0.2) is 0 Å². The van der Waals surface area contributed by atoms with Crippen molar-refractivity contribution in [2.24, 2.45) is 11.7 Å². The molecule has 3 rings (SSSR count). The van der Waals surface area contributed by atoms with Gasteiger partial charge in [-0.1, -0.05) is 48.0 Å². The van der Waals surface area contributed by atoms with Gasteiger partial charge in [0.25, 0.3) is 5.91 Å². The van der Waals surface area contributed by atoms with Crippen molar-refractivity contribution in [1.82, 2.24) is 5.32 Å². The topological polar surface area (TPSA) is 55.1 Å². The van der Waals surface area contributed by atoms with Crippen molar-refractivity contribution >= 4 is 29.9 Å². The highest BCUT2D eigenvalue weighted by atomic mass is 35.5. The van der Waals surface area contributed by atoms with E-state index in [4.69, 9.17) is 17.3 Å². The molecule has 0 aliphatic heterocycles. The lowest BCUT2D eigenvalue weighted by atomic mass is 10.0.